The molecule has 0 atom stereocenters. The zero-order chi connectivity index (χ0) is 15.0. The van der Waals surface area contributed by atoms with Gasteiger partial charge in [0.2, 0.25) is 0 Å². The molecule has 21 heavy (non-hydrogen) atoms. The van der Waals surface area contributed by atoms with Gasteiger partial charge in [0.15, 0.2) is 5.69 Å². The second-order valence-electron chi connectivity index (χ2n) is 5.16. The van der Waals surface area contributed by atoms with E-state index in [9.17, 15) is 4.79 Å². The van der Waals surface area contributed by atoms with Crippen molar-refractivity contribution in [3.05, 3.63) is 35.0 Å². The van der Waals surface area contributed by atoms with Crippen LogP contribution in [0.4, 0.5) is 0 Å². The quantitative estimate of drug-likeness (QED) is 0.940. The highest BCUT2D eigenvalue weighted by atomic mass is 35.5. The number of rotatable bonds is 4. The normalized spacial score (nSPS) is 14.8. The molecule has 6 heteroatoms. The number of hydrogen-bond donors (Lipinski definition) is 1. The van der Waals surface area contributed by atoms with Crippen LogP contribution in [0.1, 0.15) is 29.8 Å². The Balaban J connectivity index is 1.88. The molecule has 1 N–H and O–H groups in total. The van der Waals surface area contributed by atoms with E-state index < -0.39 is 5.97 Å². The van der Waals surface area contributed by atoms with Gasteiger partial charge in [0.05, 0.1) is 16.8 Å². The van der Waals surface area contributed by atoms with Crippen LogP contribution in [0.15, 0.2) is 24.3 Å². The minimum atomic E-state index is -1.05. The molecule has 1 saturated carbocycles. The van der Waals surface area contributed by atoms with Gasteiger partial charge in [-0.1, -0.05) is 11.6 Å². The highest BCUT2D eigenvalue weighted by Gasteiger charge is 2.20. The molecule has 1 fully saturated rings. The highest BCUT2D eigenvalue weighted by Crippen LogP contribution is 2.33. The van der Waals surface area contributed by atoms with Crippen molar-refractivity contribution in [1.29, 1.82) is 0 Å². The average molecular weight is 307 g/mol. The standard InChI is InChI=1S/C15H15ClN2O3/c1-18-13(8-12(17-18)15(19)20)9-5-6-14(11(16)7-9)21-10-3-2-4-10/h5-8,10H,2-4H2,1H3,(H,19,20). The molecule has 1 heterocycles. The summed E-state index contributed by atoms with van der Waals surface area (Å²) in [6.45, 7) is 0. The third-order valence-corrected chi connectivity index (χ3v) is 3.97. The molecule has 1 aliphatic carbocycles. The van der Waals surface area contributed by atoms with Crippen molar-refractivity contribution >= 4 is 17.6 Å². The molecule has 0 radical (unpaired) electrons. The molecule has 2 aromatic rings. The molecule has 5 nitrogen and oxygen atoms in total. The van der Waals surface area contributed by atoms with Crippen LogP contribution in [0.5, 0.6) is 5.75 Å². The fourth-order valence-corrected chi connectivity index (χ4v) is 2.49. The number of ether oxygens (including phenoxy) is 1. The molecule has 3 rings (SSSR count). The summed E-state index contributed by atoms with van der Waals surface area (Å²) >= 11 is 6.26. The first-order valence-electron chi connectivity index (χ1n) is 6.78. The SMILES string of the molecule is Cn1nc(C(=O)O)cc1-c1ccc(OC2CCC2)c(Cl)c1. The Hall–Kier alpha value is -2.01. The summed E-state index contributed by atoms with van der Waals surface area (Å²) in [5.41, 5.74) is 1.52. The summed E-state index contributed by atoms with van der Waals surface area (Å²) in [5.74, 6) is -0.376. The molecule has 0 saturated heterocycles. The lowest BCUT2D eigenvalue weighted by molar-refractivity contribution is 0.0689. The molecule has 1 aromatic heterocycles. The third kappa shape index (κ3) is 2.74. The number of aromatic carboxylic acids is 1. The van der Waals surface area contributed by atoms with Crippen LogP contribution >= 0.6 is 11.6 Å². The maximum absolute atomic E-state index is 11.0. The zero-order valence-corrected chi connectivity index (χ0v) is 12.3. The van der Waals surface area contributed by atoms with Crippen molar-refractivity contribution in [2.45, 2.75) is 25.4 Å². The number of aromatic nitrogens is 2. The molecule has 0 bridgehead atoms. The van der Waals surface area contributed by atoms with E-state index in [0.717, 1.165) is 18.4 Å². The molecule has 1 aliphatic rings. The average Bonchev–Trinajstić information content (AvgIpc) is 2.77. The first kappa shape index (κ1) is 13.9. The maximum atomic E-state index is 11.0. The van der Waals surface area contributed by atoms with Crippen LogP contribution in [0, 0.1) is 0 Å². The van der Waals surface area contributed by atoms with Crippen LogP contribution < -0.4 is 4.74 Å². The van der Waals surface area contributed by atoms with Crippen molar-refractivity contribution in [2.75, 3.05) is 0 Å². The van der Waals surface area contributed by atoms with Gasteiger partial charge >= 0.3 is 5.97 Å². The molecule has 0 amide bonds. The van der Waals surface area contributed by atoms with Crippen molar-refractivity contribution in [3.63, 3.8) is 0 Å². The smallest absolute Gasteiger partial charge is 0.356 e. The number of nitrogens with zero attached hydrogens (tertiary/aromatic N) is 2. The fourth-order valence-electron chi connectivity index (χ4n) is 2.27. The predicted octanol–water partition coefficient (Wildman–Crippen LogP) is 3.37. The van der Waals surface area contributed by atoms with Crippen molar-refractivity contribution < 1.29 is 14.6 Å². The topological polar surface area (TPSA) is 64.4 Å². The summed E-state index contributed by atoms with van der Waals surface area (Å²) in [5, 5.41) is 13.5. The molecular weight excluding hydrogens is 292 g/mol. The van der Waals surface area contributed by atoms with Crippen LogP contribution in [0.25, 0.3) is 11.3 Å². The highest BCUT2D eigenvalue weighted by molar-refractivity contribution is 6.32. The minimum Gasteiger partial charge on any atom is -0.489 e. The third-order valence-electron chi connectivity index (χ3n) is 3.67. The van der Waals surface area contributed by atoms with E-state index in [1.54, 1.807) is 13.1 Å². The van der Waals surface area contributed by atoms with Crippen molar-refractivity contribution in [1.82, 2.24) is 9.78 Å². The number of carboxylic acid groups (broad SMARTS) is 1. The lowest BCUT2D eigenvalue weighted by Crippen LogP contribution is -2.24. The van der Waals surface area contributed by atoms with Gasteiger partial charge < -0.3 is 9.84 Å². The van der Waals surface area contributed by atoms with Gasteiger partial charge in [-0.25, -0.2) is 4.79 Å². The number of halogens is 1. The zero-order valence-electron chi connectivity index (χ0n) is 11.5. The summed E-state index contributed by atoms with van der Waals surface area (Å²) in [6, 6.07) is 6.99. The van der Waals surface area contributed by atoms with Crippen molar-refractivity contribution in [2.24, 2.45) is 7.05 Å². The summed E-state index contributed by atoms with van der Waals surface area (Å²) in [7, 11) is 1.70. The largest absolute Gasteiger partial charge is 0.489 e. The van der Waals surface area contributed by atoms with Gasteiger partial charge in [-0.15, -0.1) is 0 Å². The summed E-state index contributed by atoms with van der Waals surface area (Å²) < 4.78 is 7.33. The van der Waals surface area contributed by atoms with Gasteiger partial charge in [0.25, 0.3) is 0 Å². The number of carboxylic acids is 1. The van der Waals surface area contributed by atoms with Gasteiger partial charge in [0, 0.05) is 12.6 Å². The maximum Gasteiger partial charge on any atom is 0.356 e. The van der Waals surface area contributed by atoms with Crippen molar-refractivity contribution in [3.8, 4) is 17.0 Å². The fraction of sp³-hybridized carbons (Fsp3) is 0.333. The predicted molar refractivity (Wildman–Crippen MR) is 78.9 cm³/mol. The summed E-state index contributed by atoms with van der Waals surface area (Å²) in [4.78, 5) is 11.0. The Bertz CT molecular complexity index is 692. The number of aryl methyl sites for hydroxylation is 1. The summed E-state index contributed by atoms with van der Waals surface area (Å²) in [6.07, 6.45) is 3.61. The Morgan fingerprint density at radius 2 is 2.19 bits per heavy atom. The lowest BCUT2D eigenvalue weighted by atomic mass is 9.96. The molecule has 1 aromatic carbocycles. The van der Waals surface area contributed by atoms with E-state index in [4.69, 9.17) is 21.4 Å². The van der Waals surface area contributed by atoms with E-state index in [2.05, 4.69) is 5.10 Å². The van der Waals surface area contributed by atoms with Gasteiger partial charge in [0.1, 0.15) is 5.75 Å². The van der Waals surface area contributed by atoms with Gasteiger partial charge in [-0.2, -0.15) is 5.10 Å². The number of carbonyl (C=O) groups is 1. The first-order valence-corrected chi connectivity index (χ1v) is 7.16. The van der Waals surface area contributed by atoms with Crippen LogP contribution in [-0.4, -0.2) is 27.0 Å². The Morgan fingerprint density at radius 3 is 2.71 bits per heavy atom. The van der Waals surface area contributed by atoms with E-state index in [-0.39, 0.29) is 11.8 Å². The van der Waals surface area contributed by atoms with E-state index in [0.29, 0.717) is 16.5 Å². The molecule has 0 aliphatic heterocycles. The van der Waals surface area contributed by atoms with Crippen LogP contribution in [-0.2, 0) is 7.05 Å². The van der Waals surface area contributed by atoms with Gasteiger partial charge in [-0.3, -0.25) is 4.68 Å². The van der Waals surface area contributed by atoms with E-state index >= 15 is 0 Å². The van der Waals surface area contributed by atoms with Crippen LogP contribution in [0.3, 0.4) is 0 Å². The Labute approximate surface area is 127 Å². The molecule has 0 spiro atoms. The Morgan fingerprint density at radius 1 is 1.43 bits per heavy atom. The minimum absolute atomic E-state index is 0.0124. The first-order chi connectivity index (χ1) is 10.0. The molecular formula is C15H15ClN2O3. The molecule has 110 valence electrons. The number of benzene rings is 1. The second kappa shape index (κ2) is 5.41. The number of hydrogen-bond acceptors (Lipinski definition) is 3. The lowest BCUT2D eigenvalue weighted by Gasteiger charge is -2.26. The Kier molecular flexibility index (Phi) is 3.59. The second-order valence-corrected chi connectivity index (χ2v) is 5.57. The van der Waals surface area contributed by atoms with Gasteiger partial charge in [-0.05, 0) is 43.5 Å². The molecule has 0 unspecified atom stereocenters. The van der Waals surface area contributed by atoms with E-state index in [1.807, 2.05) is 12.1 Å². The van der Waals surface area contributed by atoms with Crippen LogP contribution in [0.2, 0.25) is 5.02 Å². The van der Waals surface area contributed by atoms with E-state index in [1.165, 1.54) is 17.2 Å². The monoisotopic (exact) mass is 306 g/mol.